The molecule has 0 heterocycles. The zero-order valence-electron chi connectivity index (χ0n) is 30.3. The lowest BCUT2D eigenvalue weighted by Gasteiger charge is -2.25. The Morgan fingerprint density at radius 1 is 0.739 bits per heavy atom. The molecule has 270 valence electrons. The number of carbonyl (C=O) groups is 1. The Bertz CT molecular complexity index is 855. The number of nitrogens with zero attached hydrogens (tertiary/aromatic N) is 1. The van der Waals surface area contributed by atoms with Gasteiger partial charge in [-0.3, -0.25) is 13.8 Å². The standard InChI is InChI=1S/C37H71N2O6P/c1-6-8-10-12-13-14-15-16-17-18-19-20-21-22-23-24-25-27-29-31-37(41)38-35(36(40)30-28-26-11-9-7-2)34-45-46(42,43)44-33-32-39(3,4)5/h13-14,16-17,28,30,35-36,40H,6-12,15,18-27,29,31-34H2,1-5H3,(H-,38,41,42,43)/p+1/b14-13-,17-16-,30-28+. The number of nitrogens with one attached hydrogen (secondary N) is 1. The highest BCUT2D eigenvalue weighted by Gasteiger charge is 2.27. The van der Waals surface area contributed by atoms with Gasteiger partial charge in [0.25, 0.3) is 0 Å². The fourth-order valence-corrected chi connectivity index (χ4v) is 5.57. The SMILES string of the molecule is CCCCC/C=C\C/C=C\CCCCCCCCCCCC(=O)NC(COP(=O)(O)OCC[N+](C)(C)C)C(O)/C=C/CCCCC. The molecular formula is C37H72N2O6P+. The van der Waals surface area contributed by atoms with Crippen molar-refractivity contribution < 1.29 is 32.9 Å². The normalized spacial score (nSPS) is 15.2. The third-order valence-corrected chi connectivity index (χ3v) is 8.84. The van der Waals surface area contributed by atoms with E-state index < -0.39 is 20.0 Å². The van der Waals surface area contributed by atoms with Crippen molar-refractivity contribution in [3.8, 4) is 0 Å². The molecule has 0 aliphatic heterocycles. The van der Waals surface area contributed by atoms with Crippen LogP contribution < -0.4 is 5.32 Å². The number of unbranched alkanes of at least 4 members (excludes halogenated alkanes) is 15. The topological polar surface area (TPSA) is 105 Å². The zero-order chi connectivity index (χ0) is 34.4. The van der Waals surface area contributed by atoms with Crippen molar-refractivity contribution in [2.24, 2.45) is 0 Å². The van der Waals surface area contributed by atoms with Crippen LogP contribution in [-0.4, -0.2) is 73.4 Å². The number of aliphatic hydroxyl groups is 1. The predicted octanol–water partition coefficient (Wildman–Crippen LogP) is 9.18. The van der Waals surface area contributed by atoms with Crippen LogP contribution in [0.1, 0.15) is 142 Å². The third-order valence-electron chi connectivity index (χ3n) is 7.85. The first-order chi connectivity index (χ1) is 22.0. The van der Waals surface area contributed by atoms with E-state index >= 15 is 0 Å². The van der Waals surface area contributed by atoms with Gasteiger partial charge in [0.05, 0.1) is 39.9 Å². The second kappa shape index (κ2) is 29.8. The summed E-state index contributed by atoms with van der Waals surface area (Å²) in [4.78, 5) is 22.8. The molecule has 0 spiro atoms. The zero-order valence-corrected chi connectivity index (χ0v) is 31.2. The molecule has 0 rings (SSSR count). The van der Waals surface area contributed by atoms with Crippen molar-refractivity contribution in [1.29, 1.82) is 0 Å². The molecule has 0 bridgehead atoms. The van der Waals surface area contributed by atoms with Crippen LogP contribution in [0.15, 0.2) is 36.5 Å². The molecule has 1 amide bonds. The minimum Gasteiger partial charge on any atom is -0.387 e. The van der Waals surface area contributed by atoms with Gasteiger partial charge in [0.1, 0.15) is 13.2 Å². The highest BCUT2D eigenvalue weighted by Crippen LogP contribution is 2.43. The van der Waals surface area contributed by atoms with Crippen molar-refractivity contribution >= 4 is 13.7 Å². The van der Waals surface area contributed by atoms with Crippen molar-refractivity contribution in [3.63, 3.8) is 0 Å². The van der Waals surface area contributed by atoms with Gasteiger partial charge in [0.2, 0.25) is 5.91 Å². The molecule has 46 heavy (non-hydrogen) atoms. The maximum absolute atomic E-state index is 12.7. The molecular weight excluding hydrogens is 599 g/mol. The van der Waals surface area contributed by atoms with Crippen LogP contribution in [0.3, 0.4) is 0 Å². The number of allylic oxidation sites excluding steroid dienone is 5. The fourth-order valence-electron chi connectivity index (χ4n) is 4.83. The van der Waals surface area contributed by atoms with Crippen LogP contribution in [0.4, 0.5) is 0 Å². The van der Waals surface area contributed by atoms with Gasteiger partial charge in [-0.05, 0) is 51.4 Å². The average molecular weight is 672 g/mol. The lowest BCUT2D eigenvalue weighted by Crippen LogP contribution is -2.45. The summed E-state index contributed by atoms with van der Waals surface area (Å²) in [6.45, 7) is 4.65. The quantitative estimate of drug-likeness (QED) is 0.0285. The van der Waals surface area contributed by atoms with E-state index in [9.17, 15) is 19.4 Å². The number of quaternary nitrogens is 1. The maximum Gasteiger partial charge on any atom is 0.472 e. The predicted molar refractivity (Wildman–Crippen MR) is 194 cm³/mol. The molecule has 9 heteroatoms. The van der Waals surface area contributed by atoms with Crippen LogP contribution in [-0.2, 0) is 18.4 Å². The number of amides is 1. The van der Waals surface area contributed by atoms with Gasteiger partial charge >= 0.3 is 7.82 Å². The number of carbonyl (C=O) groups excluding carboxylic acids is 1. The maximum atomic E-state index is 12.7. The van der Waals surface area contributed by atoms with E-state index in [1.165, 1.54) is 70.6 Å². The first-order valence-electron chi connectivity index (χ1n) is 18.4. The molecule has 0 aliphatic rings. The summed E-state index contributed by atoms with van der Waals surface area (Å²) in [6, 6.07) is -0.843. The molecule has 0 aromatic carbocycles. The van der Waals surface area contributed by atoms with Crippen molar-refractivity contribution in [2.45, 2.75) is 154 Å². The number of phosphoric ester groups is 1. The van der Waals surface area contributed by atoms with Crippen LogP contribution in [0.5, 0.6) is 0 Å². The van der Waals surface area contributed by atoms with Crippen LogP contribution in [0.25, 0.3) is 0 Å². The van der Waals surface area contributed by atoms with Crippen molar-refractivity contribution in [3.05, 3.63) is 36.5 Å². The number of hydrogen-bond donors (Lipinski definition) is 3. The largest absolute Gasteiger partial charge is 0.472 e. The smallest absolute Gasteiger partial charge is 0.387 e. The summed E-state index contributed by atoms with van der Waals surface area (Å²) >= 11 is 0. The Kier molecular flexibility index (Phi) is 29.0. The molecule has 8 nitrogen and oxygen atoms in total. The van der Waals surface area contributed by atoms with E-state index in [2.05, 4.69) is 43.5 Å². The molecule has 0 aromatic rings. The van der Waals surface area contributed by atoms with Gasteiger partial charge in [-0.1, -0.05) is 121 Å². The first kappa shape index (κ1) is 44.7. The van der Waals surface area contributed by atoms with E-state index in [4.69, 9.17) is 9.05 Å². The van der Waals surface area contributed by atoms with Crippen LogP contribution >= 0.6 is 7.82 Å². The van der Waals surface area contributed by atoms with Crippen LogP contribution in [0, 0.1) is 0 Å². The van der Waals surface area contributed by atoms with E-state index in [1.54, 1.807) is 6.08 Å². The molecule has 0 aromatic heterocycles. The minimum atomic E-state index is -4.32. The minimum absolute atomic E-state index is 0.0589. The Morgan fingerprint density at radius 2 is 1.24 bits per heavy atom. The summed E-state index contributed by atoms with van der Waals surface area (Å²) in [5.41, 5.74) is 0. The van der Waals surface area contributed by atoms with Crippen molar-refractivity contribution in [1.82, 2.24) is 5.32 Å². The van der Waals surface area contributed by atoms with E-state index in [1.807, 2.05) is 27.2 Å². The summed E-state index contributed by atoms with van der Waals surface area (Å²) in [7, 11) is 1.56. The second-order valence-electron chi connectivity index (χ2n) is 13.6. The van der Waals surface area contributed by atoms with E-state index in [-0.39, 0.29) is 19.1 Å². The van der Waals surface area contributed by atoms with Gasteiger partial charge in [-0.2, -0.15) is 0 Å². The molecule has 0 fully saturated rings. The lowest BCUT2D eigenvalue weighted by molar-refractivity contribution is -0.870. The number of hydrogen-bond acceptors (Lipinski definition) is 5. The van der Waals surface area contributed by atoms with Gasteiger partial charge in [-0.15, -0.1) is 0 Å². The van der Waals surface area contributed by atoms with E-state index in [0.29, 0.717) is 17.4 Å². The molecule has 3 N–H and O–H groups in total. The van der Waals surface area contributed by atoms with Crippen molar-refractivity contribution in [2.75, 3.05) is 40.9 Å². The Morgan fingerprint density at radius 3 is 1.78 bits per heavy atom. The molecule has 3 unspecified atom stereocenters. The molecule has 0 saturated heterocycles. The molecule has 3 atom stereocenters. The Labute approximate surface area is 283 Å². The number of rotatable bonds is 32. The fraction of sp³-hybridized carbons (Fsp3) is 0.811. The second-order valence-corrected chi connectivity index (χ2v) is 15.0. The summed E-state index contributed by atoms with van der Waals surface area (Å²) in [5.74, 6) is -0.192. The highest BCUT2D eigenvalue weighted by molar-refractivity contribution is 7.47. The summed E-state index contributed by atoms with van der Waals surface area (Å²) in [5, 5.41) is 13.5. The Balaban J connectivity index is 4.24. The number of likely N-dealkylation sites (N-methyl/N-ethyl adjacent to an activating group) is 1. The monoisotopic (exact) mass is 672 g/mol. The third kappa shape index (κ3) is 31.3. The number of phosphoric acid groups is 1. The average Bonchev–Trinajstić information content (AvgIpc) is 2.99. The van der Waals surface area contributed by atoms with Crippen LogP contribution in [0.2, 0.25) is 0 Å². The molecule has 0 saturated carbocycles. The van der Waals surface area contributed by atoms with Gasteiger partial charge in [-0.25, -0.2) is 4.57 Å². The van der Waals surface area contributed by atoms with E-state index in [0.717, 1.165) is 51.4 Å². The molecule has 0 aliphatic carbocycles. The van der Waals surface area contributed by atoms with Gasteiger partial charge in [0, 0.05) is 6.42 Å². The number of aliphatic hydroxyl groups excluding tert-OH is 1. The highest BCUT2D eigenvalue weighted by atomic mass is 31.2. The summed E-state index contributed by atoms with van der Waals surface area (Å²) in [6.07, 6.45) is 33.9. The Hall–Kier alpha value is -1.28. The van der Waals surface area contributed by atoms with Gasteiger partial charge < -0.3 is 19.8 Å². The molecule has 0 radical (unpaired) electrons. The first-order valence-corrected chi connectivity index (χ1v) is 19.9. The van der Waals surface area contributed by atoms with Gasteiger partial charge in [0.15, 0.2) is 0 Å². The summed E-state index contributed by atoms with van der Waals surface area (Å²) < 4.78 is 23.3. The lowest BCUT2D eigenvalue weighted by atomic mass is 10.1.